The molecule has 6 heteroatoms. The molecule has 5 nitrogen and oxygen atoms in total. The zero-order chi connectivity index (χ0) is 16.9. The van der Waals surface area contributed by atoms with E-state index in [1.807, 2.05) is 34.1 Å². The molecule has 0 bridgehead atoms. The molecule has 0 spiro atoms. The van der Waals surface area contributed by atoms with Gasteiger partial charge in [0, 0.05) is 49.3 Å². The summed E-state index contributed by atoms with van der Waals surface area (Å²) in [7, 11) is 0. The van der Waals surface area contributed by atoms with Crippen LogP contribution in [0.15, 0.2) is 28.7 Å². The molecule has 0 saturated carbocycles. The summed E-state index contributed by atoms with van der Waals surface area (Å²) < 4.78 is 0.918. The number of carbonyl (C=O) groups is 2. The van der Waals surface area contributed by atoms with Crippen molar-refractivity contribution in [1.82, 2.24) is 14.7 Å². The number of carbonyl (C=O) groups excluding carboxylic acids is 2. The highest BCUT2D eigenvalue weighted by Gasteiger charge is 2.24. The maximum Gasteiger partial charge on any atom is 0.253 e. The highest BCUT2D eigenvalue weighted by Crippen LogP contribution is 2.15. The van der Waals surface area contributed by atoms with E-state index < -0.39 is 0 Å². The number of nitrogens with zero attached hydrogens (tertiary/aromatic N) is 3. The normalized spacial score (nSPS) is 19.4. The summed E-state index contributed by atoms with van der Waals surface area (Å²) in [5.41, 5.74) is 0.714. The average molecular weight is 394 g/mol. The van der Waals surface area contributed by atoms with Crippen LogP contribution in [0.1, 0.15) is 29.6 Å². The van der Waals surface area contributed by atoms with Gasteiger partial charge in [-0.1, -0.05) is 22.0 Å². The maximum atomic E-state index is 12.7. The van der Waals surface area contributed by atoms with E-state index in [4.69, 9.17) is 0 Å². The number of likely N-dealkylation sites (tertiary alicyclic amines) is 1. The van der Waals surface area contributed by atoms with Crippen LogP contribution in [-0.4, -0.2) is 72.3 Å². The molecule has 2 fully saturated rings. The molecule has 3 rings (SSSR count). The standard InChI is InChI=1S/C18H24BrN3O2/c19-16-6-3-5-15(13-16)18(24)22-10-4-7-20(11-12-22)14-17(23)21-8-1-2-9-21/h3,5-6,13H,1-2,4,7-12,14H2. The van der Waals surface area contributed by atoms with E-state index in [1.54, 1.807) is 0 Å². The molecule has 2 aliphatic rings. The molecule has 0 atom stereocenters. The van der Waals surface area contributed by atoms with Gasteiger partial charge in [0.2, 0.25) is 5.91 Å². The molecule has 0 radical (unpaired) electrons. The van der Waals surface area contributed by atoms with Gasteiger partial charge in [-0.3, -0.25) is 14.5 Å². The Labute approximate surface area is 151 Å². The number of hydrogen-bond donors (Lipinski definition) is 0. The van der Waals surface area contributed by atoms with Crippen molar-refractivity contribution in [1.29, 1.82) is 0 Å². The molecular weight excluding hydrogens is 370 g/mol. The first-order valence-electron chi connectivity index (χ1n) is 8.68. The van der Waals surface area contributed by atoms with E-state index in [2.05, 4.69) is 20.8 Å². The Balaban J connectivity index is 1.54. The number of benzene rings is 1. The minimum Gasteiger partial charge on any atom is -0.342 e. The highest BCUT2D eigenvalue weighted by atomic mass is 79.9. The smallest absolute Gasteiger partial charge is 0.253 e. The molecule has 24 heavy (non-hydrogen) atoms. The summed E-state index contributed by atoms with van der Waals surface area (Å²) >= 11 is 3.42. The van der Waals surface area contributed by atoms with Crippen molar-refractivity contribution >= 4 is 27.7 Å². The SMILES string of the molecule is O=C(CN1CCCN(C(=O)c2cccc(Br)c2)CC1)N1CCCC1. The second kappa shape index (κ2) is 8.12. The minimum atomic E-state index is 0.0732. The topological polar surface area (TPSA) is 43.9 Å². The van der Waals surface area contributed by atoms with Crippen molar-refractivity contribution in [3.63, 3.8) is 0 Å². The highest BCUT2D eigenvalue weighted by molar-refractivity contribution is 9.10. The van der Waals surface area contributed by atoms with Crippen LogP contribution in [0.5, 0.6) is 0 Å². The monoisotopic (exact) mass is 393 g/mol. The van der Waals surface area contributed by atoms with Gasteiger partial charge >= 0.3 is 0 Å². The van der Waals surface area contributed by atoms with E-state index in [-0.39, 0.29) is 11.8 Å². The molecule has 0 aliphatic carbocycles. The van der Waals surface area contributed by atoms with Crippen LogP contribution in [-0.2, 0) is 4.79 Å². The summed E-state index contributed by atoms with van der Waals surface area (Å²) in [4.78, 5) is 31.0. The molecule has 2 heterocycles. The van der Waals surface area contributed by atoms with Gasteiger partial charge in [0.15, 0.2) is 0 Å². The Morgan fingerprint density at radius 3 is 2.42 bits per heavy atom. The fourth-order valence-electron chi connectivity index (χ4n) is 3.39. The Hall–Kier alpha value is -1.40. The first-order valence-corrected chi connectivity index (χ1v) is 9.48. The fourth-order valence-corrected chi connectivity index (χ4v) is 3.79. The largest absolute Gasteiger partial charge is 0.342 e. The first kappa shape index (κ1) is 17.4. The second-order valence-electron chi connectivity index (χ2n) is 6.52. The van der Waals surface area contributed by atoms with Crippen molar-refractivity contribution in [3.8, 4) is 0 Å². The van der Waals surface area contributed by atoms with Crippen molar-refractivity contribution in [3.05, 3.63) is 34.3 Å². The average Bonchev–Trinajstić information content (AvgIpc) is 3.02. The zero-order valence-corrected chi connectivity index (χ0v) is 15.5. The molecule has 130 valence electrons. The van der Waals surface area contributed by atoms with Gasteiger partial charge in [-0.2, -0.15) is 0 Å². The minimum absolute atomic E-state index is 0.0732. The van der Waals surface area contributed by atoms with Crippen molar-refractivity contribution in [2.45, 2.75) is 19.3 Å². The Bertz CT molecular complexity index is 602. The zero-order valence-electron chi connectivity index (χ0n) is 13.9. The Kier molecular flexibility index (Phi) is 5.89. The summed E-state index contributed by atoms with van der Waals surface area (Å²) in [5, 5.41) is 0. The van der Waals surface area contributed by atoms with Crippen molar-refractivity contribution in [2.24, 2.45) is 0 Å². The van der Waals surface area contributed by atoms with Gasteiger partial charge < -0.3 is 9.80 Å². The van der Waals surface area contributed by atoms with Crippen LogP contribution in [0.3, 0.4) is 0 Å². The summed E-state index contributed by atoms with van der Waals surface area (Å²) in [6, 6.07) is 7.52. The lowest BCUT2D eigenvalue weighted by Gasteiger charge is -2.24. The van der Waals surface area contributed by atoms with Crippen LogP contribution in [0.2, 0.25) is 0 Å². The van der Waals surface area contributed by atoms with E-state index in [0.717, 1.165) is 56.5 Å². The van der Waals surface area contributed by atoms with Gasteiger partial charge in [0.1, 0.15) is 0 Å². The van der Waals surface area contributed by atoms with E-state index in [1.165, 1.54) is 0 Å². The molecule has 2 saturated heterocycles. The van der Waals surface area contributed by atoms with Crippen LogP contribution >= 0.6 is 15.9 Å². The van der Waals surface area contributed by atoms with Crippen LogP contribution in [0, 0.1) is 0 Å². The van der Waals surface area contributed by atoms with Crippen LogP contribution in [0.4, 0.5) is 0 Å². The Morgan fingerprint density at radius 2 is 1.67 bits per heavy atom. The summed E-state index contributed by atoms with van der Waals surface area (Å²) in [5.74, 6) is 0.309. The molecule has 0 aromatic heterocycles. The van der Waals surface area contributed by atoms with E-state index in [0.29, 0.717) is 18.7 Å². The molecule has 1 aromatic rings. The molecule has 0 unspecified atom stereocenters. The lowest BCUT2D eigenvalue weighted by molar-refractivity contribution is -0.131. The maximum absolute atomic E-state index is 12.7. The van der Waals surface area contributed by atoms with Crippen LogP contribution < -0.4 is 0 Å². The molecular formula is C18H24BrN3O2. The summed E-state index contributed by atoms with van der Waals surface area (Å²) in [6.45, 7) is 5.36. The van der Waals surface area contributed by atoms with Crippen molar-refractivity contribution in [2.75, 3.05) is 45.8 Å². The number of rotatable bonds is 3. The van der Waals surface area contributed by atoms with Crippen LogP contribution in [0.25, 0.3) is 0 Å². The van der Waals surface area contributed by atoms with Gasteiger partial charge in [0.05, 0.1) is 6.54 Å². The molecule has 2 aliphatic heterocycles. The third kappa shape index (κ3) is 4.36. The van der Waals surface area contributed by atoms with Gasteiger partial charge in [-0.05, 0) is 37.5 Å². The lowest BCUT2D eigenvalue weighted by Crippen LogP contribution is -2.41. The lowest BCUT2D eigenvalue weighted by atomic mass is 10.2. The number of amides is 2. The molecule has 1 aromatic carbocycles. The summed E-state index contributed by atoms with van der Waals surface area (Å²) in [6.07, 6.45) is 3.16. The first-order chi connectivity index (χ1) is 11.6. The van der Waals surface area contributed by atoms with E-state index in [9.17, 15) is 9.59 Å². The van der Waals surface area contributed by atoms with Gasteiger partial charge in [0.25, 0.3) is 5.91 Å². The number of hydrogen-bond acceptors (Lipinski definition) is 3. The fraction of sp³-hybridized carbons (Fsp3) is 0.556. The Morgan fingerprint density at radius 1 is 0.917 bits per heavy atom. The predicted molar refractivity (Wildman–Crippen MR) is 96.9 cm³/mol. The van der Waals surface area contributed by atoms with Crippen molar-refractivity contribution < 1.29 is 9.59 Å². The second-order valence-corrected chi connectivity index (χ2v) is 7.44. The molecule has 0 N–H and O–H groups in total. The molecule has 2 amide bonds. The predicted octanol–water partition coefficient (Wildman–Crippen LogP) is 2.22. The quantitative estimate of drug-likeness (QED) is 0.790. The number of halogens is 1. The van der Waals surface area contributed by atoms with E-state index >= 15 is 0 Å². The van der Waals surface area contributed by atoms with Gasteiger partial charge in [-0.25, -0.2) is 0 Å². The third-order valence-electron chi connectivity index (χ3n) is 4.76. The third-order valence-corrected chi connectivity index (χ3v) is 5.26. The van der Waals surface area contributed by atoms with Gasteiger partial charge in [-0.15, -0.1) is 0 Å².